The molecule has 2 rings (SSSR count). The first-order chi connectivity index (χ1) is 9.18. The Morgan fingerprint density at radius 3 is 2.79 bits per heavy atom. The van der Waals surface area contributed by atoms with Crippen molar-refractivity contribution in [3.05, 3.63) is 0 Å². The molecule has 0 aromatic rings. The number of ether oxygens (including phenoxy) is 1. The van der Waals surface area contributed by atoms with Crippen LogP contribution < -0.4 is 10.6 Å². The molecule has 1 aliphatic heterocycles. The smallest absolute Gasteiger partial charge is 0.0494 e. The number of nitrogens with one attached hydrogen (secondary N) is 2. The van der Waals surface area contributed by atoms with Gasteiger partial charge in [0.05, 0.1) is 0 Å². The van der Waals surface area contributed by atoms with Gasteiger partial charge in [0.15, 0.2) is 0 Å². The van der Waals surface area contributed by atoms with E-state index < -0.39 is 0 Å². The second kappa shape index (κ2) is 7.61. The number of rotatable bonds is 9. The van der Waals surface area contributed by atoms with Crippen LogP contribution in [-0.4, -0.2) is 39.4 Å². The summed E-state index contributed by atoms with van der Waals surface area (Å²) in [6.07, 6.45) is 6.64. The molecular formula is C16H32N2O. The Bertz CT molecular complexity index is 245. The lowest BCUT2D eigenvalue weighted by Gasteiger charge is -2.37. The zero-order valence-electron chi connectivity index (χ0n) is 12.8. The molecular weight excluding hydrogens is 236 g/mol. The monoisotopic (exact) mass is 268 g/mol. The van der Waals surface area contributed by atoms with E-state index >= 15 is 0 Å². The Labute approximate surface area is 118 Å². The SMILES string of the molecule is CC(C)(CNCCCOCC1CC1)C1CCCNC1. The third-order valence-corrected chi connectivity index (χ3v) is 4.68. The molecule has 2 N–H and O–H groups in total. The minimum Gasteiger partial charge on any atom is -0.381 e. The van der Waals surface area contributed by atoms with Gasteiger partial charge in [0.1, 0.15) is 0 Å². The van der Waals surface area contributed by atoms with E-state index in [2.05, 4.69) is 24.5 Å². The molecule has 0 amide bonds. The lowest BCUT2D eigenvalue weighted by atomic mass is 9.75. The van der Waals surface area contributed by atoms with E-state index in [4.69, 9.17) is 4.74 Å². The topological polar surface area (TPSA) is 33.3 Å². The first kappa shape index (κ1) is 15.3. The van der Waals surface area contributed by atoms with Crippen LogP contribution in [0, 0.1) is 17.3 Å². The Morgan fingerprint density at radius 1 is 1.26 bits per heavy atom. The summed E-state index contributed by atoms with van der Waals surface area (Å²) in [5, 5.41) is 7.15. The Balaban J connectivity index is 1.48. The van der Waals surface area contributed by atoms with E-state index in [1.165, 1.54) is 38.8 Å². The maximum absolute atomic E-state index is 5.66. The van der Waals surface area contributed by atoms with Crippen LogP contribution in [0.25, 0.3) is 0 Å². The summed E-state index contributed by atoms with van der Waals surface area (Å²) in [6, 6.07) is 0. The van der Waals surface area contributed by atoms with Crippen molar-refractivity contribution < 1.29 is 4.74 Å². The van der Waals surface area contributed by atoms with Gasteiger partial charge in [0.25, 0.3) is 0 Å². The number of piperidine rings is 1. The van der Waals surface area contributed by atoms with E-state index in [0.29, 0.717) is 5.41 Å². The zero-order chi connectivity index (χ0) is 13.6. The van der Waals surface area contributed by atoms with E-state index in [-0.39, 0.29) is 0 Å². The molecule has 1 atom stereocenters. The molecule has 3 heteroatoms. The maximum atomic E-state index is 5.66. The van der Waals surface area contributed by atoms with Crippen molar-refractivity contribution in [3.63, 3.8) is 0 Å². The second-order valence-corrected chi connectivity index (χ2v) is 7.08. The molecule has 2 fully saturated rings. The van der Waals surface area contributed by atoms with Crippen molar-refractivity contribution in [1.82, 2.24) is 10.6 Å². The van der Waals surface area contributed by atoms with Crippen LogP contribution in [0.15, 0.2) is 0 Å². The predicted octanol–water partition coefficient (Wildman–Crippen LogP) is 2.42. The molecule has 2 aliphatic rings. The highest BCUT2D eigenvalue weighted by atomic mass is 16.5. The molecule has 3 nitrogen and oxygen atoms in total. The summed E-state index contributed by atoms with van der Waals surface area (Å²) in [6.45, 7) is 11.4. The quantitative estimate of drug-likeness (QED) is 0.630. The molecule has 0 aromatic carbocycles. The van der Waals surface area contributed by atoms with Crippen LogP contribution in [0.2, 0.25) is 0 Å². The van der Waals surface area contributed by atoms with Crippen LogP contribution in [0.1, 0.15) is 46.0 Å². The highest BCUT2D eigenvalue weighted by Crippen LogP contribution is 2.31. The van der Waals surface area contributed by atoms with Crippen molar-refractivity contribution >= 4 is 0 Å². The van der Waals surface area contributed by atoms with Crippen LogP contribution in [-0.2, 0) is 4.74 Å². The van der Waals surface area contributed by atoms with Gasteiger partial charge in [-0.2, -0.15) is 0 Å². The van der Waals surface area contributed by atoms with Gasteiger partial charge in [0.2, 0.25) is 0 Å². The highest BCUT2D eigenvalue weighted by molar-refractivity contribution is 4.84. The molecule has 0 spiro atoms. The molecule has 1 unspecified atom stereocenters. The van der Waals surface area contributed by atoms with Gasteiger partial charge in [0, 0.05) is 19.8 Å². The molecule has 1 saturated carbocycles. The van der Waals surface area contributed by atoms with Crippen LogP contribution >= 0.6 is 0 Å². The third-order valence-electron chi connectivity index (χ3n) is 4.68. The summed E-state index contributed by atoms with van der Waals surface area (Å²) < 4.78 is 5.66. The molecule has 1 heterocycles. The molecule has 1 saturated heterocycles. The van der Waals surface area contributed by atoms with Crippen molar-refractivity contribution in [3.8, 4) is 0 Å². The van der Waals surface area contributed by atoms with Gasteiger partial charge in [-0.1, -0.05) is 13.8 Å². The Morgan fingerprint density at radius 2 is 2.11 bits per heavy atom. The van der Waals surface area contributed by atoms with Crippen LogP contribution in [0.4, 0.5) is 0 Å². The summed E-state index contributed by atoms with van der Waals surface area (Å²) in [4.78, 5) is 0. The van der Waals surface area contributed by atoms with Crippen molar-refractivity contribution in [2.75, 3.05) is 39.4 Å². The van der Waals surface area contributed by atoms with E-state index in [1.807, 2.05) is 0 Å². The molecule has 19 heavy (non-hydrogen) atoms. The first-order valence-corrected chi connectivity index (χ1v) is 8.18. The molecule has 112 valence electrons. The molecule has 0 aromatic heterocycles. The average Bonchev–Trinajstić information content (AvgIpc) is 3.23. The van der Waals surface area contributed by atoms with Gasteiger partial charge in [-0.3, -0.25) is 0 Å². The summed E-state index contributed by atoms with van der Waals surface area (Å²) in [5.74, 6) is 1.71. The molecule has 1 aliphatic carbocycles. The Hall–Kier alpha value is -0.120. The standard InChI is InChI=1S/C16H32N2O/c1-16(2,15-5-3-8-17-11-15)13-18-9-4-10-19-12-14-6-7-14/h14-15,17-18H,3-13H2,1-2H3. The van der Waals surface area contributed by atoms with E-state index in [1.54, 1.807) is 0 Å². The van der Waals surface area contributed by atoms with E-state index in [0.717, 1.165) is 44.6 Å². The second-order valence-electron chi connectivity index (χ2n) is 7.08. The first-order valence-electron chi connectivity index (χ1n) is 8.18. The van der Waals surface area contributed by atoms with Gasteiger partial charge in [-0.15, -0.1) is 0 Å². The van der Waals surface area contributed by atoms with Crippen molar-refractivity contribution in [1.29, 1.82) is 0 Å². The largest absolute Gasteiger partial charge is 0.381 e. The van der Waals surface area contributed by atoms with Gasteiger partial charge < -0.3 is 15.4 Å². The number of hydrogen-bond acceptors (Lipinski definition) is 3. The number of hydrogen-bond donors (Lipinski definition) is 2. The minimum absolute atomic E-state index is 0.405. The minimum atomic E-state index is 0.405. The highest BCUT2D eigenvalue weighted by Gasteiger charge is 2.29. The molecule has 0 bridgehead atoms. The Kier molecular flexibility index (Phi) is 6.11. The van der Waals surface area contributed by atoms with Gasteiger partial charge in [-0.25, -0.2) is 0 Å². The van der Waals surface area contributed by atoms with Crippen LogP contribution in [0.5, 0.6) is 0 Å². The molecule has 0 radical (unpaired) electrons. The predicted molar refractivity (Wildman–Crippen MR) is 80.4 cm³/mol. The van der Waals surface area contributed by atoms with Gasteiger partial charge in [-0.05, 0) is 69.0 Å². The lowest BCUT2D eigenvalue weighted by molar-refractivity contribution is 0.119. The van der Waals surface area contributed by atoms with Crippen molar-refractivity contribution in [2.24, 2.45) is 17.3 Å². The summed E-state index contributed by atoms with van der Waals surface area (Å²) in [5.41, 5.74) is 0.405. The lowest BCUT2D eigenvalue weighted by Crippen LogP contribution is -2.43. The average molecular weight is 268 g/mol. The van der Waals surface area contributed by atoms with Crippen LogP contribution in [0.3, 0.4) is 0 Å². The summed E-state index contributed by atoms with van der Waals surface area (Å²) in [7, 11) is 0. The van der Waals surface area contributed by atoms with Crippen molar-refractivity contribution in [2.45, 2.75) is 46.0 Å². The fourth-order valence-corrected chi connectivity index (χ4v) is 2.91. The fourth-order valence-electron chi connectivity index (χ4n) is 2.91. The zero-order valence-corrected chi connectivity index (χ0v) is 12.8. The fraction of sp³-hybridized carbons (Fsp3) is 1.00. The normalized spacial score (nSPS) is 24.6. The third kappa shape index (κ3) is 5.80. The summed E-state index contributed by atoms with van der Waals surface area (Å²) >= 11 is 0. The van der Waals surface area contributed by atoms with E-state index in [9.17, 15) is 0 Å². The van der Waals surface area contributed by atoms with Gasteiger partial charge >= 0.3 is 0 Å². The maximum Gasteiger partial charge on any atom is 0.0494 e.